The van der Waals surface area contributed by atoms with E-state index in [-0.39, 0.29) is 0 Å². The van der Waals surface area contributed by atoms with Crippen molar-refractivity contribution in [3.63, 3.8) is 0 Å². The van der Waals surface area contributed by atoms with E-state index in [0.717, 1.165) is 89.5 Å². The van der Waals surface area contributed by atoms with Crippen molar-refractivity contribution in [3.8, 4) is 62.1 Å². The topological polar surface area (TPSA) is 35.9 Å². The van der Waals surface area contributed by atoms with E-state index in [4.69, 9.17) is 9.72 Å². The molecule has 0 fully saturated rings. The van der Waals surface area contributed by atoms with Gasteiger partial charge in [-0.1, -0.05) is 146 Å². The lowest BCUT2D eigenvalue weighted by atomic mass is 9.95. The molecule has 0 atom stereocenters. The van der Waals surface area contributed by atoms with Gasteiger partial charge in [0.1, 0.15) is 28.7 Å². The lowest BCUT2D eigenvalue weighted by Gasteiger charge is -2.13. The second kappa shape index (κ2) is 14.7. The van der Waals surface area contributed by atoms with E-state index in [1.807, 2.05) is 18.3 Å². The summed E-state index contributed by atoms with van der Waals surface area (Å²) in [5, 5.41) is 2.32. The zero-order valence-corrected chi connectivity index (χ0v) is 33.0. The van der Waals surface area contributed by atoms with Crippen molar-refractivity contribution in [3.05, 3.63) is 224 Å². The molecule has 5 heteroatoms. The molecule has 0 unspecified atom stereocenters. The number of rotatable bonds is 8. The molecule has 0 saturated carbocycles. The quantitative estimate of drug-likeness (QED) is 0.144. The fraction of sp³-hybridized carbons (Fsp3) is 0.0182. The fourth-order valence-corrected chi connectivity index (χ4v) is 8.68. The summed E-state index contributed by atoms with van der Waals surface area (Å²) in [4.78, 5) is 5.03. The molecule has 5 nitrogen and oxygen atoms in total. The van der Waals surface area contributed by atoms with Crippen LogP contribution in [-0.2, 0) is 0 Å². The summed E-state index contributed by atoms with van der Waals surface area (Å²) in [6, 6.07) is 72.3. The van der Waals surface area contributed by atoms with Crippen LogP contribution in [0.3, 0.4) is 0 Å². The molecule has 8 aromatic carbocycles. The van der Waals surface area contributed by atoms with E-state index in [1.165, 1.54) is 10.9 Å². The lowest BCUT2D eigenvalue weighted by molar-refractivity contribution is -0.566. The third-order valence-corrected chi connectivity index (χ3v) is 11.5. The van der Waals surface area contributed by atoms with Gasteiger partial charge in [0.15, 0.2) is 11.0 Å². The molecule has 60 heavy (non-hydrogen) atoms. The van der Waals surface area contributed by atoms with E-state index in [0.29, 0.717) is 0 Å². The van der Waals surface area contributed by atoms with Crippen molar-refractivity contribution in [2.75, 3.05) is 0 Å². The predicted molar refractivity (Wildman–Crippen MR) is 245 cm³/mol. The zero-order chi connectivity index (χ0) is 40.0. The summed E-state index contributed by atoms with van der Waals surface area (Å²) < 4.78 is 13.6. The highest BCUT2D eigenvalue weighted by Gasteiger charge is 2.25. The van der Waals surface area contributed by atoms with Crippen LogP contribution in [0.2, 0.25) is 0 Å². The minimum Gasteiger partial charge on any atom is -0.457 e. The van der Waals surface area contributed by atoms with Crippen molar-refractivity contribution in [2.45, 2.75) is 6.92 Å². The first-order valence-electron chi connectivity index (χ1n) is 20.3. The summed E-state index contributed by atoms with van der Waals surface area (Å²) in [5.74, 6) is 2.36. The van der Waals surface area contributed by atoms with Gasteiger partial charge in [-0.2, -0.15) is 9.13 Å². The Kier molecular flexibility index (Phi) is 8.63. The maximum atomic E-state index is 6.74. The average molecular weight is 772 g/mol. The van der Waals surface area contributed by atoms with Crippen molar-refractivity contribution < 1.29 is 9.30 Å². The summed E-state index contributed by atoms with van der Waals surface area (Å²) in [7, 11) is 0. The number of hydrogen-bond acceptors (Lipinski definition) is 2. The summed E-state index contributed by atoms with van der Waals surface area (Å²) >= 11 is 0. The first kappa shape index (κ1) is 35.2. The number of imidazole rings is 1. The Morgan fingerprint density at radius 1 is 0.467 bits per heavy atom. The van der Waals surface area contributed by atoms with Crippen LogP contribution in [-0.4, -0.2) is 14.1 Å². The van der Waals surface area contributed by atoms with Crippen molar-refractivity contribution in [1.29, 1.82) is 0 Å². The van der Waals surface area contributed by atoms with E-state index in [2.05, 4.69) is 221 Å². The molecule has 11 aromatic rings. The SMILES string of the molecule is Cc1cc(-n2c3ccccc3c3ccc(Oc4cccc(-n5c[n+](-c6c(-c7ccccc7)cccc6-c6ccccc6)c6ccccc65)c4)cc32)ncc1-c1ccccc1. The average Bonchev–Trinajstić information content (AvgIpc) is 3.86. The zero-order valence-electron chi connectivity index (χ0n) is 33.0. The maximum absolute atomic E-state index is 6.74. The fourth-order valence-electron chi connectivity index (χ4n) is 8.68. The molecule has 0 saturated heterocycles. The van der Waals surface area contributed by atoms with Gasteiger partial charge < -0.3 is 4.74 Å². The van der Waals surface area contributed by atoms with Gasteiger partial charge in [0.2, 0.25) is 0 Å². The van der Waals surface area contributed by atoms with Crippen LogP contribution in [0.4, 0.5) is 0 Å². The molecule has 0 spiro atoms. The minimum absolute atomic E-state index is 0.745. The largest absolute Gasteiger partial charge is 0.457 e. The number of fused-ring (bicyclic) bond motifs is 4. The Balaban J connectivity index is 1.01. The number of ether oxygens (including phenoxy) is 1. The number of pyridine rings is 1. The Hall–Kier alpha value is -8.02. The van der Waals surface area contributed by atoms with Crippen LogP contribution >= 0.6 is 0 Å². The molecule has 0 radical (unpaired) electrons. The van der Waals surface area contributed by atoms with Gasteiger partial charge in [-0.3, -0.25) is 4.57 Å². The van der Waals surface area contributed by atoms with Gasteiger partial charge in [0.25, 0.3) is 6.33 Å². The van der Waals surface area contributed by atoms with Gasteiger partial charge in [0.05, 0.1) is 11.0 Å². The highest BCUT2D eigenvalue weighted by atomic mass is 16.5. The van der Waals surface area contributed by atoms with Crippen LogP contribution in [0, 0.1) is 6.92 Å². The van der Waals surface area contributed by atoms with Crippen molar-refractivity contribution in [2.24, 2.45) is 0 Å². The van der Waals surface area contributed by atoms with Gasteiger partial charge in [0, 0.05) is 45.8 Å². The summed E-state index contributed by atoms with van der Waals surface area (Å²) in [6.45, 7) is 2.16. The smallest absolute Gasteiger partial charge is 0.255 e. The number of aromatic nitrogens is 4. The van der Waals surface area contributed by atoms with Gasteiger partial charge >= 0.3 is 0 Å². The summed E-state index contributed by atoms with van der Waals surface area (Å²) in [5.41, 5.74) is 14.5. The second-order valence-corrected chi connectivity index (χ2v) is 15.1. The summed E-state index contributed by atoms with van der Waals surface area (Å²) in [6.07, 6.45) is 4.20. The predicted octanol–water partition coefficient (Wildman–Crippen LogP) is 13.5. The molecular formula is C55H39N4O+. The normalized spacial score (nSPS) is 11.4. The molecule has 0 aliphatic rings. The van der Waals surface area contributed by atoms with Gasteiger partial charge in [-0.25, -0.2) is 4.98 Å². The van der Waals surface area contributed by atoms with Crippen LogP contribution < -0.4 is 9.30 Å². The Labute approximate surface area is 348 Å². The van der Waals surface area contributed by atoms with E-state index < -0.39 is 0 Å². The van der Waals surface area contributed by atoms with Gasteiger partial charge in [-0.05, 0) is 77.7 Å². The van der Waals surface area contributed by atoms with E-state index >= 15 is 0 Å². The van der Waals surface area contributed by atoms with Crippen molar-refractivity contribution in [1.82, 2.24) is 14.1 Å². The number of nitrogens with zero attached hydrogens (tertiary/aromatic N) is 4. The molecule has 3 aromatic heterocycles. The Morgan fingerprint density at radius 2 is 1.05 bits per heavy atom. The number of para-hydroxylation sites is 4. The first-order chi connectivity index (χ1) is 29.7. The monoisotopic (exact) mass is 771 g/mol. The third-order valence-electron chi connectivity index (χ3n) is 11.5. The van der Waals surface area contributed by atoms with Crippen LogP contribution in [0.15, 0.2) is 219 Å². The third kappa shape index (κ3) is 6.12. The number of aryl methyl sites for hydroxylation is 1. The van der Waals surface area contributed by atoms with Crippen LogP contribution in [0.25, 0.3) is 83.4 Å². The van der Waals surface area contributed by atoms with Crippen LogP contribution in [0.1, 0.15) is 5.56 Å². The molecule has 0 bridgehead atoms. The lowest BCUT2D eigenvalue weighted by Crippen LogP contribution is -2.30. The number of hydrogen-bond donors (Lipinski definition) is 0. The maximum Gasteiger partial charge on any atom is 0.255 e. The molecule has 0 amide bonds. The Bertz CT molecular complexity index is 3290. The first-order valence-corrected chi connectivity index (χ1v) is 20.3. The standard InChI is InChI=1S/C55H39N4O/c1-38-33-54(56-36-49(38)41-21-9-4-10-22-41)59-50-28-12-11-25-47(50)48-32-31-44(35-53(48)59)60-43-24-15-23-42(34-43)57-37-58(52-30-14-13-29-51(52)57)55-45(39-17-5-2-6-18-39)26-16-27-46(55)40-19-7-3-8-20-40/h2-37H,1H3/q+1. The molecule has 0 aliphatic heterocycles. The van der Waals surface area contributed by atoms with E-state index in [9.17, 15) is 0 Å². The van der Waals surface area contributed by atoms with Gasteiger partial charge in [-0.15, -0.1) is 0 Å². The molecular weight excluding hydrogens is 733 g/mol. The van der Waals surface area contributed by atoms with Crippen molar-refractivity contribution >= 4 is 32.8 Å². The van der Waals surface area contributed by atoms with E-state index in [1.54, 1.807) is 0 Å². The highest BCUT2D eigenvalue weighted by Crippen LogP contribution is 2.37. The van der Waals surface area contributed by atoms with Crippen LogP contribution in [0.5, 0.6) is 11.5 Å². The Morgan fingerprint density at radius 3 is 1.75 bits per heavy atom. The molecule has 3 heterocycles. The minimum atomic E-state index is 0.745. The number of benzene rings is 8. The molecule has 284 valence electrons. The highest BCUT2D eigenvalue weighted by molar-refractivity contribution is 6.09. The molecule has 0 N–H and O–H groups in total. The molecule has 0 aliphatic carbocycles. The molecule has 11 rings (SSSR count). The second-order valence-electron chi connectivity index (χ2n) is 15.1.